The molecule has 23 heavy (non-hydrogen) atoms. The van der Waals surface area contributed by atoms with Gasteiger partial charge in [0.2, 0.25) is 0 Å². The van der Waals surface area contributed by atoms with Gasteiger partial charge < -0.3 is 8.98 Å². The van der Waals surface area contributed by atoms with Crippen LogP contribution in [0.4, 0.5) is 0 Å². The number of benzene rings is 1. The van der Waals surface area contributed by atoms with E-state index in [1.54, 1.807) is 25.3 Å². The van der Waals surface area contributed by atoms with Crippen LogP contribution in [0.15, 0.2) is 64.8 Å². The fourth-order valence-electron chi connectivity index (χ4n) is 2.44. The predicted octanol–water partition coefficient (Wildman–Crippen LogP) is 3.49. The number of rotatable bonds is 5. The van der Waals surface area contributed by atoms with Gasteiger partial charge in [0.25, 0.3) is 0 Å². The van der Waals surface area contributed by atoms with E-state index in [2.05, 4.69) is 21.7 Å². The van der Waals surface area contributed by atoms with Crippen LogP contribution >= 0.6 is 0 Å². The zero-order valence-electron chi connectivity index (χ0n) is 12.8. The smallest absolute Gasteiger partial charge is 0.307 e. The van der Waals surface area contributed by atoms with E-state index < -0.39 is 0 Å². The molecule has 0 radical (unpaired) electrons. The Morgan fingerprint density at radius 3 is 2.91 bits per heavy atom. The first-order valence-corrected chi connectivity index (χ1v) is 7.27. The summed E-state index contributed by atoms with van der Waals surface area (Å²) < 4.78 is 7.34. The standard InChI is InChI=1S/C18H17N3O2/c1-3-10-21-12-14(15-6-4-5-7-16(15)21)11-19-20-18(22)17-9-8-13(2)23-17/h3-9,11-12H,1,10H2,2H3,(H,20,22)/b19-11-. The van der Waals surface area contributed by atoms with Crippen LogP contribution in [0.2, 0.25) is 0 Å². The molecule has 1 aromatic carbocycles. The Morgan fingerprint density at radius 1 is 1.35 bits per heavy atom. The van der Waals surface area contributed by atoms with Crippen molar-refractivity contribution in [2.24, 2.45) is 5.10 Å². The fourth-order valence-corrected chi connectivity index (χ4v) is 2.44. The normalized spacial score (nSPS) is 11.2. The SMILES string of the molecule is C=CCn1cc(/C=N\NC(=O)c2ccc(C)o2)c2ccccc21. The summed E-state index contributed by atoms with van der Waals surface area (Å²) in [6, 6.07) is 11.4. The van der Waals surface area contributed by atoms with E-state index in [9.17, 15) is 4.79 Å². The van der Waals surface area contributed by atoms with Gasteiger partial charge >= 0.3 is 5.91 Å². The molecular formula is C18H17N3O2. The molecule has 0 atom stereocenters. The molecule has 0 aliphatic rings. The van der Waals surface area contributed by atoms with Crippen molar-refractivity contribution in [3.8, 4) is 0 Å². The van der Waals surface area contributed by atoms with Crippen molar-refractivity contribution in [1.29, 1.82) is 0 Å². The third-order valence-corrected chi connectivity index (χ3v) is 3.48. The Bertz CT molecular complexity index is 887. The van der Waals surface area contributed by atoms with Crippen LogP contribution in [0, 0.1) is 6.92 Å². The largest absolute Gasteiger partial charge is 0.456 e. The highest BCUT2D eigenvalue weighted by atomic mass is 16.3. The highest BCUT2D eigenvalue weighted by Crippen LogP contribution is 2.19. The lowest BCUT2D eigenvalue weighted by atomic mass is 10.2. The van der Waals surface area contributed by atoms with Gasteiger partial charge in [0.15, 0.2) is 5.76 Å². The van der Waals surface area contributed by atoms with Crippen LogP contribution in [0.5, 0.6) is 0 Å². The molecular weight excluding hydrogens is 290 g/mol. The van der Waals surface area contributed by atoms with Crippen molar-refractivity contribution in [2.75, 3.05) is 0 Å². The molecule has 0 unspecified atom stereocenters. The first-order valence-electron chi connectivity index (χ1n) is 7.27. The second kappa shape index (κ2) is 6.36. The van der Waals surface area contributed by atoms with Gasteiger partial charge in [0.1, 0.15) is 5.76 Å². The quantitative estimate of drug-likeness (QED) is 0.445. The Labute approximate surface area is 133 Å². The van der Waals surface area contributed by atoms with Gasteiger partial charge in [-0.3, -0.25) is 4.79 Å². The number of fused-ring (bicyclic) bond motifs is 1. The number of aryl methyl sites for hydroxylation is 1. The molecule has 0 saturated heterocycles. The number of para-hydroxylation sites is 1. The van der Waals surface area contributed by atoms with Crippen molar-refractivity contribution in [3.05, 3.63) is 72.3 Å². The summed E-state index contributed by atoms with van der Waals surface area (Å²) in [5.41, 5.74) is 4.50. The number of carbonyl (C=O) groups excluding carboxylic acids is 1. The van der Waals surface area contributed by atoms with E-state index in [0.29, 0.717) is 12.3 Å². The first-order chi connectivity index (χ1) is 11.2. The number of furan rings is 1. The van der Waals surface area contributed by atoms with Gasteiger partial charge in [-0.1, -0.05) is 24.3 Å². The number of carbonyl (C=O) groups is 1. The van der Waals surface area contributed by atoms with Crippen LogP contribution in [0.25, 0.3) is 10.9 Å². The molecule has 3 rings (SSSR count). The van der Waals surface area contributed by atoms with E-state index in [1.165, 1.54) is 0 Å². The zero-order chi connectivity index (χ0) is 16.2. The number of nitrogens with zero attached hydrogens (tertiary/aromatic N) is 2. The Kier molecular flexibility index (Phi) is 4.10. The average Bonchev–Trinajstić information content (AvgIpc) is 3.13. The van der Waals surface area contributed by atoms with Gasteiger partial charge in [-0.25, -0.2) is 5.43 Å². The number of aromatic nitrogens is 1. The third-order valence-electron chi connectivity index (χ3n) is 3.48. The minimum atomic E-state index is -0.371. The van der Waals surface area contributed by atoms with Gasteiger partial charge in [-0.2, -0.15) is 5.10 Å². The van der Waals surface area contributed by atoms with Crippen molar-refractivity contribution >= 4 is 23.0 Å². The summed E-state index contributed by atoms with van der Waals surface area (Å²) in [6.45, 7) is 6.27. The molecule has 0 aliphatic heterocycles. The lowest BCUT2D eigenvalue weighted by Gasteiger charge is -1.98. The van der Waals surface area contributed by atoms with Crippen molar-refractivity contribution in [1.82, 2.24) is 9.99 Å². The van der Waals surface area contributed by atoms with Crippen LogP contribution in [-0.4, -0.2) is 16.7 Å². The molecule has 0 fully saturated rings. The summed E-state index contributed by atoms with van der Waals surface area (Å²) in [5, 5.41) is 5.10. The monoisotopic (exact) mass is 307 g/mol. The second-order valence-corrected chi connectivity index (χ2v) is 5.15. The molecule has 1 amide bonds. The summed E-state index contributed by atoms with van der Waals surface area (Å²) in [4.78, 5) is 11.9. The molecule has 0 bridgehead atoms. The Hall–Kier alpha value is -3.08. The van der Waals surface area contributed by atoms with Gasteiger partial charge in [0, 0.05) is 29.2 Å². The van der Waals surface area contributed by atoms with Crippen LogP contribution < -0.4 is 5.43 Å². The first kappa shape index (κ1) is 14.8. The molecule has 0 saturated carbocycles. The van der Waals surface area contributed by atoms with Gasteiger partial charge in [-0.15, -0.1) is 6.58 Å². The third kappa shape index (κ3) is 3.08. The molecule has 116 valence electrons. The molecule has 0 aliphatic carbocycles. The van der Waals surface area contributed by atoms with E-state index in [4.69, 9.17) is 4.42 Å². The lowest BCUT2D eigenvalue weighted by molar-refractivity contribution is 0.0926. The maximum Gasteiger partial charge on any atom is 0.307 e. The number of hydrogen-bond acceptors (Lipinski definition) is 3. The summed E-state index contributed by atoms with van der Waals surface area (Å²) in [5.74, 6) is 0.560. The summed E-state index contributed by atoms with van der Waals surface area (Å²) >= 11 is 0. The molecule has 0 spiro atoms. The van der Waals surface area contributed by atoms with Crippen LogP contribution in [0.1, 0.15) is 21.9 Å². The lowest BCUT2D eigenvalue weighted by Crippen LogP contribution is -2.16. The number of allylic oxidation sites excluding steroid dienone is 1. The number of nitrogens with one attached hydrogen (secondary N) is 1. The number of amides is 1. The van der Waals surface area contributed by atoms with Crippen molar-refractivity contribution in [2.45, 2.75) is 13.5 Å². The van der Waals surface area contributed by atoms with E-state index >= 15 is 0 Å². The highest BCUT2D eigenvalue weighted by molar-refractivity contribution is 6.00. The molecule has 3 aromatic rings. The molecule has 5 nitrogen and oxygen atoms in total. The van der Waals surface area contributed by atoms with E-state index in [1.807, 2.05) is 36.5 Å². The zero-order valence-corrected chi connectivity index (χ0v) is 12.8. The molecule has 1 N–H and O–H groups in total. The number of hydrogen-bond donors (Lipinski definition) is 1. The fraction of sp³-hybridized carbons (Fsp3) is 0.111. The maximum atomic E-state index is 11.9. The molecule has 5 heteroatoms. The highest BCUT2D eigenvalue weighted by Gasteiger charge is 2.09. The van der Waals surface area contributed by atoms with Gasteiger partial charge in [-0.05, 0) is 25.1 Å². The number of hydrazone groups is 1. The van der Waals surface area contributed by atoms with E-state index in [0.717, 1.165) is 16.5 Å². The Balaban J connectivity index is 1.81. The minimum Gasteiger partial charge on any atom is -0.456 e. The van der Waals surface area contributed by atoms with Crippen LogP contribution in [-0.2, 0) is 6.54 Å². The summed E-state index contributed by atoms with van der Waals surface area (Å²) in [6.07, 6.45) is 5.46. The topological polar surface area (TPSA) is 59.5 Å². The summed E-state index contributed by atoms with van der Waals surface area (Å²) in [7, 11) is 0. The molecule has 2 aromatic heterocycles. The minimum absolute atomic E-state index is 0.244. The average molecular weight is 307 g/mol. The van der Waals surface area contributed by atoms with E-state index in [-0.39, 0.29) is 11.7 Å². The van der Waals surface area contributed by atoms with Crippen molar-refractivity contribution < 1.29 is 9.21 Å². The molecule has 2 heterocycles. The maximum absolute atomic E-state index is 11.9. The Morgan fingerprint density at radius 2 is 2.17 bits per heavy atom. The van der Waals surface area contributed by atoms with Gasteiger partial charge in [0.05, 0.1) is 6.21 Å². The van der Waals surface area contributed by atoms with Crippen molar-refractivity contribution in [3.63, 3.8) is 0 Å². The van der Waals surface area contributed by atoms with Crippen LogP contribution in [0.3, 0.4) is 0 Å². The second-order valence-electron chi connectivity index (χ2n) is 5.15. The predicted molar refractivity (Wildman–Crippen MR) is 90.6 cm³/mol.